The highest BCUT2D eigenvalue weighted by Crippen LogP contribution is 2.12. The Morgan fingerprint density at radius 1 is 1.20 bits per heavy atom. The van der Waals surface area contributed by atoms with Crippen molar-refractivity contribution >= 4 is 11.9 Å². The van der Waals surface area contributed by atoms with Crippen molar-refractivity contribution in [2.24, 2.45) is 4.99 Å². The third-order valence-electron chi connectivity index (χ3n) is 5.10. The third-order valence-corrected chi connectivity index (χ3v) is 5.10. The Morgan fingerprint density at radius 3 is 2.60 bits per heavy atom. The molecule has 1 fully saturated rings. The minimum atomic E-state index is 0.0757. The maximum absolute atomic E-state index is 12.4. The third kappa shape index (κ3) is 8.32. The van der Waals surface area contributed by atoms with Crippen LogP contribution in [0.1, 0.15) is 56.0 Å². The van der Waals surface area contributed by atoms with Gasteiger partial charge in [-0.05, 0) is 57.7 Å². The van der Waals surface area contributed by atoms with Gasteiger partial charge < -0.3 is 25.0 Å². The zero-order valence-corrected chi connectivity index (χ0v) is 18.8. The van der Waals surface area contributed by atoms with Gasteiger partial charge in [0.25, 0.3) is 5.91 Å². The van der Waals surface area contributed by atoms with Crippen LogP contribution in [0.4, 0.5) is 0 Å². The van der Waals surface area contributed by atoms with Crippen molar-refractivity contribution in [3.63, 3.8) is 0 Å². The Morgan fingerprint density at radius 2 is 1.97 bits per heavy atom. The van der Waals surface area contributed by atoms with Gasteiger partial charge in [-0.3, -0.25) is 4.79 Å². The molecule has 0 aliphatic carbocycles. The molecule has 0 saturated carbocycles. The molecule has 1 aliphatic rings. The first-order chi connectivity index (χ1) is 14.7. The van der Waals surface area contributed by atoms with E-state index in [4.69, 9.17) is 9.47 Å². The zero-order chi connectivity index (χ0) is 21.6. The van der Waals surface area contributed by atoms with E-state index in [2.05, 4.69) is 22.5 Å². The number of carbonyl (C=O) groups is 1. The number of benzene rings is 1. The fourth-order valence-corrected chi connectivity index (χ4v) is 3.33. The van der Waals surface area contributed by atoms with Crippen molar-refractivity contribution < 1.29 is 14.3 Å². The molecule has 7 heteroatoms. The summed E-state index contributed by atoms with van der Waals surface area (Å²) in [5, 5.41) is 6.61. The summed E-state index contributed by atoms with van der Waals surface area (Å²) in [7, 11) is 0. The first kappa shape index (κ1) is 24.2. The van der Waals surface area contributed by atoms with Gasteiger partial charge >= 0.3 is 0 Å². The summed E-state index contributed by atoms with van der Waals surface area (Å²) >= 11 is 0. The molecule has 1 saturated heterocycles. The first-order valence-electron chi connectivity index (χ1n) is 11.3. The molecule has 1 aromatic carbocycles. The van der Waals surface area contributed by atoms with Crippen LogP contribution in [-0.4, -0.2) is 68.9 Å². The molecule has 7 nitrogen and oxygen atoms in total. The van der Waals surface area contributed by atoms with Crippen molar-refractivity contribution in [1.29, 1.82) is 0 Å². The van der Waals surface area contributed by atoms with E-state index >= 15 is 0 Å². The van der Waals surface area contributed by atoms with Crippen LogP contribution in [0.2, 0.25) is 0 Å². The van der Waals surface area contributed by atoms with Crippen LogP contribution < -0.4 is 10.6 Å². The average Bonchev–Trinajstić information content (AvgIpc) is 3.29. The van der Waals surface area contributed by atoms with Crippen LogP contribution >= 0.6 is 0 Å². The van der Waals surface area contributed by atoms with E-state index in [-0.39, 0.29) is 12.0 Å². The van der Waals surface area contributed by atoms with Gasteiger partial charge in [0.15, 0.2) is 5.96 Å². The summed E-state index contributed by atoms with van der Waals surface area (Å²) in [6.07, 6.45) is 3.46. The number of hydrogen-bond donors (Lipinski definition) is 2. The number of amides is 1. The fourth-order valence-electron chi connectivity index (χ4n) is 3.33. The van der Waals surface area contributed by atoms with Crippen LogP contribution in [0.5, 0.6) is 0 Å². The van der Waals surface area contributed by atoms with Crippen molar-refractivity contribution in [2.75, 3.05) is 46.0 Å². The van der Waals surface area contributed by atoms with E-state index in [9.17, 15) is 4.79 Å². The minimum absolute atomic E-state index is 0.0757. The molecule has 1 heterocycles. The molecule has 2 N–H and O–H groups in total. The summed E-state index contributed by atoms with van der Waals surface area (Å²) < 4.78 is 11.3. The number of aliphatic imine (C=N–C) groups is 1. The number of nitrogens with zero attached hydrogens (tertiary/aromatic N) is 2. The fraction of sp³-hybridized carbons (Fsp3) is 0.652. The summed E-state index contributed by atoms with van der Waals surface area (Å²) in [6, 6.07) is 7.72. The zero-order valence-electron chi connectivity index (χ0n) is 18.8. The average molecular weight is 419 g/mol. The molecule has 30 heavy (non-hydrogen) atoms. The number of ether oxygens (including phenoxy) is 2. The number of hydrogen-bond acceptors (Lipinski definition) is 4. The number of rotatable bonds is 12. The monoisotopic (exact) mass is 418 g/mol. The van der Waals surface area contributed by atoms with Crippen molar-refractivity contribution in [3.05, 3.63) is 35.4 Å². The molecule has 1 atom stereocenters. The highest BCUT2D eigenvalue weighted by Gasteiger charge is 2.15. The molecule has 1 aliphatic heterocycles. The quantitative estimate of drug-likeness (QED) is 0.310. The van der Waals surface area contributed by atoms with Crippen LogP contribution in [0.25, 0.3) is 0 Å². The molecule has 1 amide bonds. The van der Waals surface area contributed by atoms with E-state index < -0.39 is 0 Å². The molecule has 0 spiro atoms. The van der Waals surface area contributed by atoms with Gasteiger partial charge in [-0.2, -0.15) is 0 Å². The lowest BCUT2D eigenvalue weighted by Gasteiger charge is -2.18. The minimum Gasteiger partial charge on any atom is -0.379 e. The molecule has 1 unspecified atom stereocenters. The second-order valence-electron chi connectivity index (χ2n) is 7.36. The summed E-state index contributed by atoms with van der Waals surface area (Å²) in [6.45, 7) is 11.9. The first-order valence-corrected chi connectivity index (χ1v) is 11.3. The van der Waals surface area contributed by atoms with E-state index in [0.717, 1.165) is 69.1 Å². The molecule has 0 aromatic heterocycles. The topological polar surface area (TPSA) is 75.2 Å². The maximum Gasteiger partial charge on any atom is 0.253 e. The summed E-state index contributed by atoms with van der Waals surface area (Å²) in [5.41, 5.74) is 1.79. The van der Waals surface area contributed by atoms with Crippen LogP contribution in [-0.2, 0) is 16.0 Å². The number of guanidine groups is 1. The smallest absolute Gasteiger partial charge is 0.253 e. The highest BCUT2D eigenvalue weighted by atomic mass is 16.5. The number of carbonyl (C=O) groups excluding carboxylic acids is 1. The van der Waals surface area contributed by atoms with E-state index in [1.54, 1.807) is 0 Å². The standard InChI is InChI=1S/C23H38N4O3/c1-4-24-23(25-14-8-15-29-18-21-9-7-16-30-21)26-17-19-10-12-20(13-11-19)22(28)27(5-2)6-3/h10-13,21H,4-9,14-18H2,1-3H3,(H2,24,25,26). The van der Waals surface area contributed by atoms with Crippen molar-refractivity contribution in [3.8, 4) is 0 Å². The molecule has 168 valence electrons. The van der Waals surface area contributed by atoms with Gasteiger partial charge in [0.05, 0.1) is 19.3 Å². The van der Waals surface area contributed by atoms with Crippen LogP contribution in [0.3, 0.4) is 0 Å². The van der Waals surface area contributed by atoms with Crippen LogP contribution in [0, 0.1) is 0 Å². The van der Waals surface area contributed by atoms with E-state index in [1.165, 1.54) is 0 Å². The van der Waals surface area contributed by atoms with Crippen LogP contribution in [0.15, 0.2) is 29.3 Å². The lowest BCUT2D eigenvalue weighted by molar-refractivity contribution is 0.0168. The Kier molecular flexibility index (Phi) is 11.3. The number of nitrogens with one attached hydrogen (secondary N) is 2. The highest BCUT2D eigenvalue weighted by molar-refractivity contribution is 5.94. The van der Waals surface area contributed by atoms with Crippen molar-refractivity contribution in [1.82, 2.24) is 15.5 Å². The molecule has 0 radical (unpaired) electrons. The maximum atomic E-state index is 12.4. The van der Waals surface area contributed by atoms with Gasteiger partial charge in [-0.25, -0.2) is 4.99 Å². The predicted molar refractivity (Wildman–Crippen MR) is 121 cm³/mol. The van der Waals surface area contributed by atoms with Gasteiger partial charge in [-0.15, -0.1) is 0 Å². The molecule has 2 rings (SSSR count). The predicted octanol–water partition coefficient (Wildman–Crippen LogP) is 2.81. The normalized spacial score (nSPS) is 16.5. The van der Waals surface area contributed by atoms with E-state index in [1.807, 2.05) is 43.0 Å². The Labute approximate surface area is 181 Å². The molecular formula is C23H38N4O3. The van der Waals surface area contributed by atoms with Crippen molar-refractivity contribution in [2.45, 2.75) is 52.7 Å². The van der Waals surface area contributed by atoms with Gasteiger partial charge in [0.1, 0.15) is 0 Å². The molecular weight excluding hydrogens is 380 g/mol. The molecule has 1 aromatic rings. The van der Waals surface area contributed by atoms with E-state index in [0.29, 0.717) is 19.8 Å². The SMILES string of the molecule is CCNC(=NCc1ccc(C(=O)N(CC)CC)cc1)NCCCOCC1CCCO1. The van der Waals surface area contributed by atoms with Gasteiger partial charge in [0.2, 0.25) is 0 Å². The van der Waals surface area contributed by atoms with Gasteiger partial charge in [0, 0.05) is 45.0 Å². The Bertz CT molecular complexity index is 638. The largest absolute Gasteiger partial charge is 0.379 e. The summed E-state index contributed by atoms with van der Waals surface area (Å²) in [4.78, 5) is 18.9. The second-order valence-corrected chi connectivity index (χ2v) is 7.36. The lowest BCUT2D eigenvalue weighted by Crippen LogP contribution is -2.38. The Balaban J connectivity index is 1.74. The van der Waals surface area contributed by atoms with Gasteiger partial charge in [-0.1, -0.05) is 12.1 Å². The Hall–Kier alpha value is -2.12. The lowest BCUT2D eigenvalue weighted by atomic mass is 10.1. The summed E-state index contributed by atoms with van der Waals surface area (Å²) in [5.74, 6) is 0.867. The molecule has 0 bridgehead atoms. The second kappa shape index (κ2) is 14.0.